The number of ether oxygens (including phenoxy) is 2. The van der Waals surface area contributed by atoms with Crippen LogP contribution in [0.25, 0.3) is 0 Å². The van der Waals surface area contributed by atoms with Crippen LogP contribution in [0.2, 0.25) is 5.02 Å². The predicted octanol–water partition coefficient (Wildman–Crippen LogP) is -0.0745. The average Bonchev–Trinajstić information content (AvgIpc) is 2.33. The second-order valence-electron chi connectivity index (χ2n) is 3.27. The second-order valence-corrected chi connectivity index (χ2v) is 5.44. The number of pyridine rings is 1. The number of methoxy groups -OCH3 is 2. The summed E-state index contributed by atoms with van der Waals surface area (Å²) < 4.78 is 35.6. The number of hydrogen-bond acceptors (Lipinski definition) is 5. The van der Waals surface area contributed by atoms with E-state index in [2.05, 4.69) is 9.71 Å². The van der Waals surface area contributed by atoms with Crippen LogP contribution in [0, 0.1) is 0 Å². The Balaban J connectivity index is 2.86. The molecule has 1 heterocycles. The molecule has 1 rings (SSSR count). The summed E-state index contributed by atoms with van der Waals surface area (Å²) in [6, 6.07) is 1.07. The molecule has 0 spiro atoms. The summed E-state index contributed by atoms with van der Waals surface area (Å²) in [6.07, 6.45) is 0.364. The molecule has 0 aliphatic rings. The smallest absolute Gasteiger partial charge is 0.266 e. The maximum Gasteiger partial charge on any atom is 0.266 e. The van der Waals surface area contributed by atoms with Gasteiger partial charge in [0.15, 0.2) is 6.29 Å². The number of sulfonamides is 1. The Kier molecular flexibility index (Phi) is 5.29. The van der Waals surface area contributed by atoms with Crippen LogP contribution in [0.5, 0.6) is 0 Å². The zero-order valence-electron chi connectivity index (χ0n) is 9.77. The number of rotatable bonds is 6. The number of halogens is 1. The molecule has 0 atom stereocenters. The van der Waals surface area contributed by atoms with Crippen molar-refractivity contribution >= 4 is 21.6 Å². The van der Waals surface area contributed by atoms with Gasteiger partial charge in [0.1, 0.15) is 5.02 Å². The van der Waals surface area contributed by atoms with Crippen LogP contribution in [0.15, 0.2) is 22.0 Å². The van der Waals surface area contributed by atoms with Gasteiger partial charge in [0, 0.05) is 20.4 Å². The summed E-state index contributed by atoms with van der Waals surface area (Å²) in [6.45, 7) is -0.0634. The monoisotopic (exact) mass is 296 g/mol. The lowest BCUT2D eigenvalue weighted by atomic mass is 10.5. The van der Waals surface area contributed by atoms with E-state index < -0.39 is 21.9 Å². The number of nitrogens with one attached hydrogen (secondary N) is 2. The third-order valence-corrected chi connectivity index (χ3v) is 3.79. The van der Waals surface area contributed by atoms with Crippen molar-refractivity contribution in [3.63, 3.8) is 0 Å². The lowest BCUT2D eigenvalue weighted by molar-refractivity contribution is -0.0960. The third-order valence-electron chi connectivity index (χ3n) is 2.11. The molecular formula is C9H13ClN2O5S. The van der Waals surface area contributed by atoms with Crippen LogP contribution in [0.3, 0.4) is 0 Å². The van der Waals surface area contributed by atoms with E-state index >= 15 is 0 Å². The number of hydrogen-bond donors (Lipinski definition) is 2. The van der Waals surface area contributed by atoms with E-state index in [9.17, 15) is 13.2 Å². The molecule has 0 fully saturated rings. The fraction of sp³-hybridized carbons (Fsp3) is 0.444. The van der Waals surface area contributed by atoms with Gasteiger partial charge < -0.3 is 14.5 Å². The summed E-state index contributed by atoms with van der Waals surface area (Å²) in [5.41, 5.74) is -0.553. The summed E-state index contributed by atoms with van der Waals surface area (Å²) in [5, 5.41) is -0.201. The van der Waals surface area contributed by atoms with Gasteiger partial charge in [0.2, 0.25) is 10.0 Å². The first-order chi connectivity index (χ1) is 8.40. The van der Waals surface area contributed by atoms with Gasteiger partial charge in [-0.2, -0.15) is 0 Å². The summed E-state index contributed by atoms with van der Waals surface area (Å²) >= 11 is 5.55. The first kappa shape index (κ1) is 15.1. The summed E-state index contributed by atoms with van der Waals surface area (Å²) in [7, 11) is -1.00. The predicted molar refractivity (Wildman–Crippen MR) is 65.1 cm³/mol. The normalized spacial score (nSPS) is 12.0. The molecule has 0 saturated carbocycles. The van der Waals surface area contributed by atoms with E-state index in [0.29, 0.717) is 0 Å². The molecule has 1 aromatic rings. The molecule has 0 radical (unpaired) electrons. The molecule has 0 aliphatic heterocycles. The minimum absolute atomic E-state index is 0.0634. The highest BCUT2D eigenvalue weighted by atomic mass is 35.5. The van der Waals surface area contributed by atoms with Crippen molar-refractivity contribution in [3.05, 3.63) is 27.6 Å². The fourth-order valence-electron chi connectivity index (χ4n) is 1.12. The van der Waals surface area contributed by atoms with Gasteiger partial charge in [0.05, 0.1) is 11.4 Å². The maximum absolute atomic E-state index is 11.8. The highest BCUT2D eigenvalue weighted by Gasteiger charge is 2.17. The van der Waals surface area contributed by atoms with E-state index in [1.54, 1.807) is 0 Å². The largest absolute Gasteiger partial charge is 0.355 e. The molecule has 0 unspecified atom stereocenters. The lowest BCUT2D eigenvalue weighted by Crippen LogP contribution is -2.34. The van der Waals surface area contributed by atoms with Gasteiger partial charge in [-0.05, 0) is 6.07 Å². The number of H-pyrrole nitrogens is 1. The fourth-order valence-corrected chi connectivity index (χ4v) is 2.36. The molecule has 0 amide bonds. The Labute approximate surface area is 109 Å². The van der Waals surface area contributed by atoms with Gasteiger partial charge >= 0.3 is 0 Å². The Morgan fingerprint density at radius 1 is 1.44 bits per heavy atom. The quantitative estimate of drug-likeness (QED) is 0.716. The zero-order valence-corrected chi connectivity index (χ0v) is 11.3. The summed E-state index contributed by atoms with van der Waals surface area (Å²) in [5.74, 6) is 0. The topological polar surface area (TPSA) is 97.5 Å². The van der Waals surface area contributed by atoms with Crippen molar-refractivity contribution in [1.82, 2.24) is 9.71 Å². The first-order valence-electron chi connectivity index (χ1n) is 4.84. The van der Waals surface area contributed by atoms with Crippen LogP contribution in [0.1, 0.15) is 0 Å². The van der Waals surface area contributed by atoms with Crippen molar-refractivity contribution in [2.75, 3.05) is 20.8 Å². The van der Waals surface area contributed by atoms with Crippen molar-refractivity contribution in [2.45, 2.75) is 11.2 Å². The summed E-state index contributed by atoms with van der Waals surface area (Å²) in [4.78, 5) is 13.1. The molecule has 1 aromatic heterocycles. The van der Waals surface area contributed by atoms with Crippen LogP contribution in [-0.4, -0.2) is 40.5 Å². The van der Waals surface area contributed by atoms with Gasteiger partial charge in [-0.3, -0.25) is 4.79 Å². The molecule has 7 nitrogen and oxygen atoms in total. The molecule has 18 heavy (non-hydrogen) atoms. The minimum atomic E-state index is -3.78. The first-order valence-corrected chi connectivity index (χ1v) is 6.70. The van der Waals surface area contributed by atoms with Gasteiger partial charge in [0.25, 0.3) is 5.56 Å². The van der Waals surface area contributed by atoms with Gasteiger partial charge in [-0.25, -0.2) is 13.1 Å². The molecule has 0 aromatic carbocycles. The molecule has 0 bridgehead atoms. The average molecular weight is 297 g/mol. The molecular weight excluding hydrogens is 284 g/mol. The van der Waals surface area contributed by atoms with E-state index in [1.807, 2.05) is 0 Å². The maximum atomic E-state index is 11.8. The van der Waals surface area contributed by atoms with Crippen LogP contribution in [-0.2, 0) is 19.5 Å². The SMILES string of the molecule is COC(CNS(=O)(=O)c1c[nH]c(=O)c(Cl)c1)OC. The number of aromatic amines is 1. The second kappa shape index (κ2) is 6.30. The molecule has 9 heteroatoms. The molecule has 2 N–H and O–H groups in total. The van der Waals surface area contributed by atoms with Gasteiger partial charge in [-0.15, -0.1) is 0 Å². The van der Waals surface area contributed by atoms with E-state index in [0.717, 1.165) is 12.3 Å². The Morgan fingerprint density at radius 3 is 2.56 bits per heavy atom. The van der Waals surface area contributed by atoms with Crippen LogP contribution < -0.4 is 10.3 Å². The van der Waals surface area contributed by atoms with Crippen molar-refractivity contribution in [3.8, 4) is 0 Å². The highest BCUT2D eigenvalue weighted by molar-refractivity contribution is 7.89. The lowest BCUT2D eigenvalue weighted by Gasteiger charge is -2.14. The minimum Gasteiger partial charge on any atom is -0.355 e. The van der Waals surface area contributed by atoms with E-state index in [4.69, 9.17) is 21.1 Å². The van der Waals surface area contributed by atoms with Crippen molar-refractivity contribution < 1.29 is 17.9 Å². The van der Waals surface area contributed by atoms with Crippen LogP contribution >= 0.6 is 11.6 Å². The van der Waals surface area contributed by atoms with Crippen molar-refractivity contribution in [1.29, 1.82) is 0 Å². The Hall–Kier alpha value is -0.930. The molecule has 0 saturated heterocycles. The Morgan fingerprint density at radius 2 is 2.06 bits per heavy atom. The highest BCUT2D eigenvalue weighted by Crippen LogP contribution is 2.10. The molecule has 0 aliphatic carbocycles. The number of aromatic nitrogens is 1. The van der Waals surface area contributed by atoms with Gasteiger partial charge in [-0.1, -0.05) is 11.6 Å². The zero-order chi connectivity index (χ0) is 13.8. The van der Waals surface area contributed by atoms with E-state index in [1.165, 1.54) is 14.2 Å². The molecule has 102 valence electrons. The standard InChI is InChI=1S/C9H13ClN2O5S/c1-16-8(17-2)5-12-18(14,15)6-3-7(10)9(13)11-4-6/h3-4,8,12H,5H2,1-2H3,(H,11,13). The third kappa shape index (κ3) is 3.79. The van der Waals surface area contributed by atoms with Crippen molar-refractivity contribution in [2.24, 2.45) is 0 Å². The van der Waals surface area contributed by atoms with Crippen LogP contribution in [0.4, 0.5) is 0 Å². The Bertz CT molecular complexity index is 552. The van der Waals surface area contributed by atoms with E-state index in [-0.39, 0.29) is 16.5 Å².